The number of aromatic nitrogens is 2. The fourth-order valence-corrected chi connectivity index (χ4v) is 8.90. The van der Waals surface area contributed by atoms with Crippen molar-refractivity contribution in [3.8, 4) is 11.5 Å². The molecular weight excluding hydrogens is 1550 g/mol. The number of unbranched alkanes of at least 4 members (excludes halogenated alkanes) is 3. The first-order valence-corrected chi connectivity index (χ1v) is 31.8. The summed E-state index contributed by atoms with van der Waals surface area (Å²) in [4.78, 5) is 55.3. The smallest absolute Gasteiger partial charge is 0.872 e. The molecule has 12 nitrogen and oxygen atoms in total. The van der Waals surface area contributed by atoms with E-state index in [0.29, 0.717) is 55.5 Å². The number of carbonyl (C=O) groups is 4. The summed E-state index contributed by atoms with van der Waals surface area (Å²) < 4.78 is 0. The third kappa shape index (κ3) is 29.2. The number of para-hydroxylation sites is 2. The Kier molecular flexibility index (Phi) is 38.2. The van der Waals surface area contributed by atoms with Gasteiger partial charge in [-0.05, 0) is 83.3 Å². The van der Waals surface area contributed by atoms with Gasteiger partial charge in [0.1, 0.15) is 0 Å². The van der Waals surface area contributed by atoms with Crippen molar-refractivity contribution in [1.29, 1.82) is 0 Å². The molecule has 508 valence electrons. The van der Waals surface area contributed by atoms with Crippen LogP contribution in [-0.4, -0.2) is 33.1 Å². The number of fused-ring (bicyclic) bond motifs is 2. The van der Waals surface area contributed by atoms with Gasteiger partial charge in [0, 0.05) is 33.6 Å². The van der Waals surface area contributed by atoms with Crippen LogP contribution in [0, 0.1) is 90.2 Å². The van der Waals surface area contributed by atoms with Crippen molar-refractivity contribution >= 4 is 68.0 Å². The van der Waals surface area contributed by atoms with Gasteiger partial charge in [0.05, 0.1) is 11.0 Å². The van der Waals surface area contributed by atoms with Crippen LogP contribution >= 0.6 is 0 Å². The average molecular weight is 1620 g/mol. The number of rotatable bonds is 15. The molecule has 2 aromatic heterocycles. The van der Waals surface area contributed by atoms with E-state index in [2.05, 4.69) is 23.8 Å². The van der Waals surface area contributed by atoms with Gasteiger partial charge in [0.2, 0.25) is 0 Å². The van der Waals surface area contributed by atoms with Crippen LogP contribution in [0.1, 0.15) is 115 Å². The van der Waals surface area contributed by atoms with Crippen molar-refractivity contribution < 1.29 is 126 Å². The first-order valence-electron chi connectivity index (χ1n) is 31.8. The van der Waals surface area contributed by atoms with Crippen LogP contribution in [-0.2, 0) is 0 Å². The van der Waals surface area contributed by atoms with Gasteiger partial charge in [0.15, 0.2) is 23.1 Å². The molecule has 2 heterocycles. The maximum atomic E-state index is 11.8. The number of carbonyl (C=O) groups excluding carboxylic acids is 4. The van der Waals surface area contributed by atoms with Gasteiger partial charge in [-0.3, -0.25) is 29.1 Å². The number of benzene rings is 10. The summed E-state index contributed by atoms with van der Waals surface area (Å²) in [6.45, 7) is 8.23. The van der Waals surface area contributed by atoms with Gasteiger partial charge in [-0.15, -0.1) is 0 Å². The number of ketones is 4. The molecular formula is C86H74Dy2N2O10. The molecule has 0 aliphatic rings. The van der Waals surface area contributed by atoms with E-state index in [1.54, 1.807) is 206 Å². The number of pyridine rings is 2. The van der Waals surface area contributed by atoms with E-state index in [1.807, 2.05) is 98.8 Å². The zero-order valence-corrected chi connectivity index (χ0v) is 59.7. The maximum absolute atomic E-state index is 11.8. The second-order valence-electron chi connectivity index (χ2n) is 21.7. The zero-order chi connectivity index (χ0) is 70.3. The average Bonchev–Trinajstić information content (AvgIpc) is 0.839. The van der Waals surface area contributed by atoms with Gasteiger partial charge in [0.25, 0.3) is 0 Å². The topological polar surface area (TPSA) is 232 Å². The third-order valence-electron chi connectivity index (χ3n) is 14.1. The Hall–Kier alpha value is -9.99. The number of allylic oxidation sites excluding steroid dienone is 4. The number of hydrogen-bond acceptors (Lipinski definition) is 12. The summed E-state index contributed by atoms with van der Waals surface area (Å²) in [5.41, 5.74) is 7.09. The summed E-state index contributed by atoms with van der Waals surface area (Å²) in [5.74, 6) is -2.12. The molecule has 0 amide bonds. The van der Waals surface area contributed by atoms with Crippen LogP contribution in [0.3, 0.4) is 0 Å². The Morgan fingerprint density at radius 3 is 0.680 bits per heavy atom. The molecule has 0 unspecified atom stereocenters. The molecule has 10 aromatic carbocycles. The van der Waals surface area contributed by atoms with Gasteiger partial charge < -0.3 is 30.6 Å². The molecule has 12 aromatic rings. The predicted molar refractivity (Wildman–Crippen MR) is 382 cm³/mol. The predicted octanol–water partition coefficient (Wildman–Crippen LogP) is 14.9. The number of aryl methyl sites for hydroxylation is 2. The summed E-state index contributed by atoms with van der Waals surface area (Å²) in [7, 11) is 0. The molecule has 0 atom stereocenters. The van der Waals surface area contributed by atoms with E-state index in [-0.39, 0.29) is 134 Å². The Morgan fingerprint density at radius 2 is 0.480 bits per heavy atom. The molecule has 0 saturated heterocycles. The minimum Gasteiger partial charge on any atom is -0.872 e. The van der Waals surface area contributed by atoms with Gasteiger partial charge >= 0.3 is 76.3 Å². The molecule has 2 radical (unpaired) electrons. The number of nitrogens with zero attached hydrogens (tertiary/aromatic N) is 2. The molecule has 14 heteroatoms. The molecule has 0 saturated carbocycles. The van der Waals surface area contributed by atoms with Crippen molar-refractivity contribution in [2.75, 3.05) is 0 Å². The fraction of sp³-hybridized carbons (Fsp3) is 0.0930. The first-order chi connectivity index (χ1) is 47.5. The first kappa shape index (κ1) is 82.4. The van der Waals surface area contributed by atoms with E-state index in [1.165, 1.54) is 37.8 Å². The Morgan fingerprint density at radius 1 is 0.280 bits per heavy atom. The molecule has 0 aliphatic carbocycles. The third-order valence-corrected chi connectivity index (χ3v) is 14.1. The zero-order valence-electron chi connectivity index (χ0n) is 55.6. The molecule has 0 bridgehead atoms. The van der Waals surface area contributed by atoms with Crippen molar-refractivity contribution in [3.63, 3.8) is 0 Å². The summed E-state index contributed by atoms with van der Waals surface area (Å²) in [6.07, 6.45) is 10.1. The van der Waals surface area contributed by atoms with Crippen LogP contribution in [0.4, 0.5) is 0 Å². The molecule has 0 N–H and O–H groups in total. The Balaban J connectivity index is 0.000000251. The van der Waals surface area contributed by atoms with Gasteiger partial charge in [-0.25, -0.2) is 0 Å². The van der Waals surface area contributed by atoms with Crippen LogP contribution in [0.15, 0.2) is 328 Å². The minimum absolute atomic E-state index is 0. The van der Waals surface area contributed by atoms with Gasteiger partial charge in [-0.2, -0.15) is 0 Å². The molecule has 0 spiro atoms. The standard InChI is InChI=1S/4C15H12O2.2C10H9NO.C6H14.2Dy/c4*16-14(12-7-3-1-4-8-12)11-15(17)13-9-5-2-6-10-13;2*1-7-5-6-8-3-2-4-9(12)10(8)11-7;1-3-5-6-4-2;;/h4*1-11,16H;2*2-6,12H,1H3;3-6H2,1-2H3;;/q;;;;;;;2*+3/p-6/b4*14-11-;;;;;. The van der Waals surface area contributed by atoms with Crippen molar-refractivity contribution in [2.24, 2.45) is 0 Å². The minimum atomic E-state index is -0.264. The summed E-state index contributed by atoms with van der Waals surface area (Å²) in [5, 5.41) is 71.4. The van der Waals surface area contributed by atoms with E-state index in [9.17, 15) is 49.8 Å². The maximum Gasteiger partial charge on any atom is 3.00 e. The van der Waals surface area contributed by atoms with E-state index < -0.39 is 0 Å². The summed E-state index contributed by atoms with van der Waals surface area (Å²) >= 11 is 0. The SMILES string of the molecule is CCCCCC.Cc1ccc2cccc([O-])c2n1.Cc1ccc2cccc([O-])c2n1.O=C(/C=C(\[O-])c1ccccc1)c1ccccc1.O=C(/C=C(\[O-])c1ccccc1)c1ccccc1.O=C(/C=C(\[O-])c1ccccc1)c1ccccc1.O=C(/C=C(\[O-])c1ccccc1)c1ccccc1.[Dy+3].[Dy+3]. The monoisotopic (exact) mass is 1620 g/mol. The fourth-order valence-electron chi connectivity index (χ4n) is 8.90. The van der Waals surface area contributed by atoms with Crippen molar-refractivity contribution in [2.45, 2.75) is 53.4 Å². The van der Waals surface area contributed by atoms with Crippen LogP contribution in [0.25, 0.3) is 44.8 Å². The van der Waals surface area contributed by atoms with Crippen molar-refractivity contribution in [3.05, 3.63) is 384 Å². The van der Waals surface area contributed by atoms with Crippen LogP contribution in [0.5, 0.6) is 11.5 Å². The molecule has 0 aliphatic heterocycles. The summed E-state index contributed by atoms with van der Waals surface area (Å²) in [6, 6.07) is 88.0. The quantitative estimate of drug-likeness (QED) is 0.0404. The molecule has 100 heavy (non-hydrogen) atoms. The van der Waals surface area contributed by atoms with E-state index in [4.69, 9.17) is 0 Å². The Labute approximate surface area is 646 Å². The number of hydrogen-bond donors (Lipinski definition) is 0. The normalized spacial score (nSPS) is 10.6. The van der Waals surface area contributed by atoms with Crippen LogP contribution in [0.2, 0.25) is 0 Å². The van der Waals surface area contributed by atoms with Gasteiger partial charge in [-0.1, -0.05) is 365 Å². The second kappa shape index (κ2) is 46.3. The molecule has 0 fully saturated rings. The van der Waals surface area contributed by atoms with E-state index in [0.717, 1.165) is 46.5 Å². The second-order valence-corrected chi connectivity index (χ2v) is 21.7. The van der Waals surface area contributed by atoms with E-state index >= 15 is 0 Å². The Bertz CT molecular complexity index is 4040. The molecule has 12 rings (SSSR count). The largest absolute Gasteiger partial charge is 3.00 e. The van der Waals surface area contributed by atoms with Crippen molar-refractivity contribution in [1.82, 2.24) is 9.97 Å². The van der Waals surface area contributed by atoms with Crippen LogP contribution < -0.4 is 30.6 Å².